The van der Waals surface area contributed by atoms with Crippen LogP contribution in [0.2, 0.25) is 0 Å². The molecule has 0 aromatic carbocycles. The van der Waals surface area contributed by atoms with Crippen molar-refractivity contribution < 1.29 is 0 Å². The smallest absolute Gasteiger partial charge is 0.00414 e. The topological polar surface area (TPSA) is 15.3 Å². The Morgan fingerprint density at radius 3 is 2.23 bits per heavy atom. The van der Waals surface area contributed by atoms with Crippen LogP contribution in [0.3, 0.4) is 0 Å². The van der Waals surface area contributed by atoms with Gasteiger partial charge in [0.05, 0.1) is 0 Å². The molecule has 0 aromatic heterocycles. The van der Waals surface area contributed by atoms with Crippen LogP contribution in [0.1, 0.15) is 33.6 Å². The molecular formula is C11H26N2. The lowest BCUT2D eigenvalue weighted by molar-refractivity contribution is 0.196. The van der Waals surface area contributed by atoms with E-state index in [1.165, 1.54) is 19.4 Å². The van der Waals surface area contributed by atoms with Gasteiger partial charge in [-0.2, -0.15) is 0 Å². The molecule has 0 bridgehead atoms. The molecule has 80 valence electrons. The first kappa shape index (κ1) is 12.9. The Hall–Kier alpha value is -0.0800. The first-order valence-electron chi connectivity index (χ1n) is 5.39. The maximum Gasteiger partial charge on any atom is 0.00414 e. The van der Waals surface area contributed by atoms with Crippen molar-refractivity contribution in [2.24, 2.45) is 5.41 Å². The second-order valence-electron chi connectivity index (χ2n) is 4.58. The van der Waals surface area contributed by atoms with Crippen LogP contribution in [-0.4, -0.2) is 38.6 Å². The highest BCUT2D eigenvalue weighted by Gasteiger charge is 2.23. The SMILES string of the molecule is CCCC(C)(CNCC)CN(C)C. The molecule has 0 aliphatic carbocycles. The van der Waals surface area contributed by atoms with Gasteiger partial charge in [-0.05, 0) is 32.5 Å². The highest BCUT2D eigenvalue weighted by Crippen LogP contribution is 2.22. The van der Waals surface area contributed by atoms with Gasteiger partial charge in [0, 0.05) is 13.1 Å². The molecule has 1 N–H and O–H groups in total. The molecule has 1 atom stereocenters. The van der Waals surface area contributed by atoms with Gasteiger partial charge in [0.2, 0.25) is 0 Å². The highest BCUT2D eigenvalue weighted by molar-refractivity contribution is 4.78. The van der Waals surface area contributed by atoms with Crippen LogP contribution in [-0.2, 0) is 0 Å². The van der Waals surface area contributed by atoms with E-state index in [4.69, 9.17) is 0 Å². The zero-order chi connectivity index (χ0) is 10.3. The van der Waals surface area contributed by atoms with E-state index < -0.39 is 0 Å². The molecule has 0 radical (unpaired) electrons. The Bertz CT molecular complexity index is 123. The molecule has 0 spiro atoms. The van der Waals surface area contributed by atoms with Crippen LogP contribution in [0.5, 0.6) is 0 Å². The first-order valence-corrected chi connectivity index (χ1v) is 5.39. The quantitative estimate of drug-likeness (QED) is 0.654. The first-order chi connectivity index (χ1) is 6.04. The third kappa shape index (κ3) is 6.05. The van der Waals surface area contributed by atoms with Crippen molar-refractivity contribution in [1.82, 2.24) is 10.2 Å². The molecule has 0 aliphatic heterocycles. The molecular weight excluding hydrogens is 160 g/mol. The van der Waals surface area contributed by atoms with Gasteiger partial charge >= 0.3 is 0 Å². The van der Waals surface area contributed by atoms with Crippen LogP contribution >= 0.6 is 0 Å². The van der Waals surface area contributed by atoms with Crippen LogP contribution in [0.25, 0.3) is 0 Å². The van der Waals surface area contributed by atoms with Crippen LogP contribution in [0.4, 0.5) is 0 Å². The third-order valence-corrected chi connectivity index (χ3v) is 2.35. The Morgan fingerprint density at radius 2 is 1.85 bits per heavy atom. The predicted molar refractivity (Wildman–Crippen MR) is 60.1 cm³/mol. The van der Waals surface area contributed by atoms with E-state index in [0.29, 0.717) is 5.41 Å². The summed E-state index contributed by atoms with van der Waals surface area (Å²) in [7, 11) is 4.31. The number of hydrogen-bond donors (Lipinski definition) is 1. The van der Waals surface area contributed by atoms with E-state index >= 15 is 0 Å². The van der Waals surface area contributed by atoms with E-state index in [-0.39, 0.29) is 0 Å². The normalized spacial score (nSPS) is 16.2. The molecule has 2 nitrogen and oxygen atoms in total. The van der Waals surface area contributed by atoms with Crippen molar-refractivity contribution in [3.63, 3.8) is 0 Å². The zero-order valence-corrected chi connectivity index (χ0v) is 9.98. The van der Waals surface area contributed by atoms with Gasteiger partial charge in [0.25, 0.3) is 0 Å². The molecule has 1 unspecified atom stereocenters. The van der Waals surface area contributed by atoms with E-state index in [2.05, 4.69) is 45.1 Å². The van der Waals surface area contributed by atoms with Gasteiger partial charge in [0.1, 0.15) is 0 Å². The zero-order valence-electron chi connectivity index (χ0n) is 9.98. The average Bonchev–Trinajstić information content (AvgIpc) is 2.00. The van der Waals surface area contributed by atoms with Crippen molar-refractivity contribution in [1.29, 1.82) is 0 Å². The van der Waals surface area contributed by atoms with Crippen molar-refractivity contribution >= 4 is 0 Å². The van der Waals surface area contributed by atoms with Gasteiger partial charge in [-0.3, -0.25) is 0 Å². The Kier molecular flexibility index (Phi) is 6.35. The van der Waals surface area contributed by atoms with Crippen molar-refractivity contribution in [3.8, 4) is 0 Å². The fraction of sp³-hybridized carbons (Fsp3) is 1.00. The third-order valence-electron chi connectivity index (χ3n) is 2.35. The van der Waals surface area contributed by atoms with Crippen LogP contribution in [0, 0.1) is 5.41 Å². The number of hydrogen-bond acceptors (Lipinski definition) is 2. The number of nitrogens with zero attached hydrogens (tertiary/aromatic N) is 1. The summed E-state index contributed by atoms with van der Waals surface area (Å²) < 4.78 is 0. The molecule has 2 heteroatoms. The maximum atomic E-state index is 3.45. The second-order valence-corrected chi connectivity index (χ2v) is 4.58. The van der Waals surface area contributed by atoms with Gasteiger partial charge in [-0.1, -0.05) is 27.2 Å². The summed E-state index contributed by atoms with van der Waals surface area (Å²) in [5.41, 5.74) is 0.439. The highest BCUT2D eigenvalue weighted by atomic mass is 15.1. The summed E-state index contributed by atoms with van der Waals surface area (Å²) in [4.78, 5) is 2.28. The van der Waals surface area contributed by atoms with Crippen molar-refractivity contribution in [2.45, 2.75) is 33.6 Å². The lowest BCUT2D eigenvalue weighted by atomic mass is 9.85. The Balaban J connectivity index is 3.99. The Labute approximate surface area is 83.7 Å². The number of nitrogens with one attached hydrogen (secondary N) is 1. The fourth-order valence-corrected chi connectivity index (χ4v) is 2.02. The lowest BCUT2D eigenvalue weighted by Crippen LogP contribution is -2.39. The molecule has 13 heavy (non-hydrogen) atoms. The fourth-order valence-electron chi connectivity index (χ4n) is 2.02. The summed E-state index contributed by atoms with van der Waals surface area (Å²) in [5.74, 6) is 0. The van der Waals surface area contributed by atoms with Crippen molar-refractivity contribution in [3.05, 3.63) is 0 Å². The largest absolute Gasteiger partial charge is 0.316 e. The summed E-state index contributed by atoms with van der Waals surface area (Å²) in [5, 5.41) is 3.45. The molecule has 0 aliphatic rings. The van der Waals surface area contributed by atoms with E-state index in [0.717, 1.165) is 13.1 Å². The molecule has 0 fully saturated rings. The monoisotopic (exact) mass is 186 g/mol. The molecule has 0 heterocycles. The summed E-state index contributed by atoms with van der Waals surface area (Å²) in [6, 6.07) is 0. The minimum absolute atomic E-state index is 0.439. The summed E-state index contributed by atoms with van der Waals surface area (Å²) in [6.45, 7) is 10.2. The Morgan fingerprint density at radius 1 is 1.23 bits per heavy atom. The van der Waals surface area contributed by atoms with Crippen molar-refractivity contribution in [2.75, 3.05) is 33.7 Å². The minimum Gasteiger partial charge on any atom is -0.316 e. The van der Waals surface area contributed by atoms with Crippen LogP contribution in [0.15, 0.2) is 0 Å². The van der Waals surface area contributed by atoms with Gasteiger partial charge in [-0.15, -0.1) is 0 Å². The molecule has 0 rings (SSSR count). The summed E-state index contributed by atoms with van der Waals surface area (Å²) >= 11 is 0. The molecule has 0 saturated heterocycles. The average molecular weight is 186 g/mol. The van der Waals surface area contributed by atoms with E-state index in [1.54, 1.807) is 0 Å². The van der Waals surface area contributed by atoms with Gasteiger partial charge < -0.3 is 10.2 Å². The van der Waals surface area contributed by atoms with Gasteiger partial charge in [0.15, 0.2) is 0 Å². The predicted octanol–water partition coefficient (Wildman–Crippen LogP) is 1.96. The second kappa shape index (κ2) is 6.39. The van der Waals surface area contributed by atoms with Crippen LogP contribution < -0.4 is 5.32 Å². The van der Waals surface area contributed by atoms with E-state index in [1.807, 2.05) is 0 Å². The van der Waals surface area contributed by atoms with E-state index in [9.17, 15) is 0 Å². The molecule has 0 aromatic rings. The molecule has 0 amide bonds. The lowest BCUT2D eigenvalue weighted by Gasteiger charge is -2.32. The number of rotatable bonds is 7. The summed E-state index contributed by atoms with van der Waals surface area (Å²) in [6.07, 6.45) is 2.58. The maximum absolute atomic E-state index is 3.45. The van der Waals surface area contributed by atoms with Gasteiger partial charge in [-0.25, -0.2) is 0 Å². The standard InChI is InChI=1S/C11H26N2/c1-6-8-11(3,9-12-7-2)10-13(4)5/h12H,6-10H2,1-5H3. The minimum atomic E-state index is 0.439. The molecule has 0 saturated carbocycles.